The second kappa shape index (κ2) is 5.62. The molecule has 0 amide bonds. The number of hydrogen-bond acceptors (Lipinski definition) is 4. The van der Waals surface area contributed by atoms with Crippen molar-refractivity contribution in [3.05, 3.63) is 59.9 Å². The molecule has 0 spiro atoms. The van der Waals surface area contributed by atoms with Gasteiger partial charge in [0.15, 0.2) is 5.82 Å². The number of aromatic nitrogens is 2. The Morgan fingerprint density at radius 1 is 1.18 bits per heavy atom. The fourth-order valence-electron chi connectivity index (χ4n) is 2.18. The number of nitriles is 1. The summed E-state index contributed by atoms with van der Waals surface area (Å²) in [5, 5.41) is 19.8. The second-order valence-electron chi connectivity index (χ2n) is 4.67. The maximum atomic E-state index is 10.4. The molecule has 0 fully saturated rings. The first-order valence-corrected chi connectivity index (χ1v) is 6.66. The minimum Gasteiger partial charge on any atom is -0.506 e. The van der Waals surface area contributed by atoms with Gasteiger partial charge in [0.05, 0.1) is 18.1 Å². The van der Waals surface area contributed by atoms with E-state index in [0.717, 1.165) is 11.0 Å². The number of hydrogen-bond donors (Lipinski definition) is 2. The van der Waals surface area contributed by atoms with Crippen LogP contribution >= 0.6 is 0 Å². The van der Waals surface area contributed by atoms with Crippen LogP contribution in [0.5, 0.6) is 5.75 Å². The Morgan fingerprint density at radius 2 is 1.91 bits per heavy atom. The zero-order chi connectivity index (χ0) is 15.5. The highest BCUT2D eigenvalue weighted by Gasteiger charge is 2.14. The molecule has 1 heterocycles. The van der Waals surface area contributed by atoms with Gasteiger partial charge in [0.2, 0.25) is 0 Å². The number of methoxy groups -OCH3 is 1. The number of nitrogens with one attached hydrogen (secondary N) is 1. The number of H-pyrrole nitrogens is 1. The number of nitrogens with zero attached hydrogens (tertiary/aromatic N) is 2. The summed E-state index contributed by atoms with van der Waals surface area (Å²) in [5.74, 6) is 0.903. The van der Waals surface area contributed by atoms with Gasteiger partial charge >= 0.3 is 0 Å². The molecule has 22 heavy (non-hydrogen) atoms. The van der Waals surface area contributed by atoms with Crippen molar-refractivity contribution in [2.24, 2.45) is 0 Å². The summed E-state index contributed by atoms with van der Waals surface area (Å²) in [7, 11) is 1.57. The molecule has 2 aromatic carbocycles. The van der Waals surface area contributed by atoms with E-state index in [4.69, 9.17) is 4.74 Å². The summed E-state index contributed by atoms with van der Waals surface area (Å²) in [6.07, 6.45) is 0. The van der Waals surface area contributed by atoms with E-state index in [0.29, 0.717) is 17.1 Å². The number of fused-ring (bicyclic) bond motifs is 1. The van der Waals surface area contributed by atoms with Gasteiger partial charge in [0.25, 0.3) is 0 Å². The number of benzene rings is 2. The van der Waals surface area contributed by atoms with Crippen molar-refractivity contribution in [2.75, 3.05) is 7.11 Å². The first-order chi connectivity index (χ1) is 10.7. The molecular formula is C17H13N3O2. The zero-order valence-corrected chi connectivity index (χ0v) is 11.9. The Balaban J connectivity index is 2.09. The van der Waals surface area contributed by atoms with Gasteiger partial charge < -0.3 is 14.8 Å². The highest BCUT2D eigenvalue weighted by molar-refractivity contribution is 5.94. The lowest BCUT2D eigenvalue weighted by Gasteiger charge is -2.04. The normalized spacial score (nSPS) is 11.8. The van der Waals surface area contributed by atoms with Gasteiger partial charge in [0.1, 0.15) is 23.2 Å². The lowest BCUT2D eigenvalue weighted by Crippen LogP contribution is -1.92. The van der Waals surface area contributed by atoms with Crippen molar-refractivity contribution < 1.29 is 9.84 Å². The molecule has 5 heteroatoms. The van der Waals surface area contributed by atoms with Gasteiger partial charge in [-0.25, -0.2) is 4.98 Å². The summed E-state index contributed by atoms with van der Waals surface area (Å²) in [6, 6.07) is 16.3. The van der Waals surface area contributed by atoms with Gasteiger partial charge in [-0.1, -0.05) is 12.1 Å². The van der Waals surface area contributed by atoms with Crippen LogP contribution in [0.4, 0.5) is 0 Å². The average molecular weight is 291 g/mol. The van der Waals surface area contributed by atoms with E-state index in [1.54, 1.807) is 31.4 Å². The Labute approximate surface area is 127 Å². The minimum atomic E-state index is -0.121. The third-order valence-electron chi connectivity index (χ3n) is 3.34. The molecule has 0 unspecified atom stereocenters. The molecule has 5 nitrogen and oxygen atoms in total. The molecule has 0 aliphatic rings. The molecule has 0 radical (unpaired) electrons. The van der Waals surface area contributed by atoms with Crippen LogP contribution in [-0.2, 0) is 0 Å². The Kier molecular flexibility index (Phi) is 3.50. The van der Waals surface area contributed by atoms with Gasteiger partial charge in [-0.2, -0.15) is 5.26 Å². The topological polar surface area (TPSA) is 81.9 Å². The number of para-hydroxylation sites is 2. The second-order valence-corrected chi connectivity index (χ2v) is 4.67. The highest BCUT2D eigenvalue weighted by Crippen LogP contribution is 2.25. The van der Waals surface area contributed by atoms with E-state index in [1.165, 1.54) is 0 Å². The van der Waals surface area contributed by atoms with Gasteiger partial charge in [-0.3, -0.25) is 0 Å². The monoisotopic (exact) mass is 291 g/mol. The summed E-state index contributed by atoms with van der Waals surface area (Å²) in [6.45, 7) is 0. The van der Waals surface area contributed by atoms with Crippen LogP contribution in [-0.4, -0.2) is 22.2 Å². The molecule has 0 saturated heterocycles. The standard InChI is InChI=1S/C17H13N3O2/c1-22-12-8-6-11(7-9-12)16(21)13(10-18)17-19-14-4-2-3-5-15(14)20-17/h2-9,21H,1H3,(H,19,20)/b16-13+. The number of aromatic amines is 1. The molecule has 0 aliphatic heterocycles. The third-order valence-corrected chi connectivity index (χ3v) is 3.34. The quantitative estimate of drug-likeness (QED) is 0.571. The van der Waals surface area contributed by atoms with Crippen LogP contribution in [0.15, 0.2) is 48.5 Å². The van der Waals surface area contributed by atoms with Gasteiger partial charge in [-0.05, 0) is 36.4 Å². The van der Waals surface area contributed by atoms with E-state index in [9.17, 15) is 10.4 Å². The molecule has 108 valence electrons. The molecule has 1 aromatic heterocycles. The van der Waals surface area contributed by atoms with E-state index in [2.05, 4.69) is 9.97 Å². The molecule has 3 rings (SSSR count). The van der Waals surface area contributed by atoms with Gasteiger partial charge in [0, 0.05) is 5.56 Å². The first-order valence-electron chi connectivity index (χ1n) is 6.66. The third kappa shape index (κ3) is 2.38. The Hall–Kier alpha value is -3.26. The van der Waals surface area contributed by atoms with Crippen molar-refractivity contribution in [1.29, 1.82) is 5.26 Å². The van der Waals surface area contributed by atoms with Crippen LogP contribution in [0, 0.1) is 11.3 Å². The van der Waals surface area contributed by atoms with E-state index < -0.39 is 0 Å². The van der Waals surface area contributed by atoms with Crippen molar-refractivity contribution in [3.63, 3.8) is 0 Å². The SMILES string of the molecule is COc1ccc(/C(O)=C(/C#N)c2nc3ccccc3[nH]2)cc1. The Bertz CT molecular complexity index is 853. The number of imidazole rings is 1. The summed E-state index contributed by atoms with van der Waals surface area (Å²) in [4.78, 5) is 7.39. The smallest absolute Gasteiger partial charge is 0.153 e. The number of aliphatic hydroxyl groups is 1. The molecule has 0 aliphatic carbocycles. The molecule has 0 bridgehead atoms. The van der Waals surface area contributed by atoms with Crippen LogP contribution in [0.25, 0.3) is 22.4 Å². The van der Waals surface area contributed by atoms with Crippen molar-refractivity contribution in [3.8, 4) is 11.8 Å². The lowest BCUT2D eigenvalue weighted by atomic mass is 10.1. The number of allylic oxidation sites excluding steroid dienone is 1. The molecule has 2 N–H and O–H groups in total. The van der Waals surface area contributed by atoms with Crippen LogP contribution in [0.1, 0.15) is 11.4 Å². The predicted octanol–water partition coefficient (Wildman–Crippen LogP) is 3.52. The van der Waals surface area contributed by atoms with Crippen LogP contribution in [0.2, 0.25) is 0 Å². The fraction of sp³-hybridized carbons (Fsp3) is 0.0588. The number of rotatable bonds is 3. The summed E-state index contributed by atoms with van der Waals surface area (Å²) >= 11 is 0. The Morgan fingerprint density at radius 3 is 2.55 bits per heavy atom. The summed E-state index contributed by atoms with van der Waals surface area (Å²) < 4.78 is 5.08. The lowest BCUT2D eigenvalue weighted by molar-refractivity contribution is 0.414. The zero-order valence-electron chi connectivity index (χ0n) is 11.9. The predicted molar refractivity (Wildman–Crippen MR) is 84.1 cm³/mol. The average Bonchev–Trinajstić information content (AvgIpc) is 2.99. The molecule has 0 atom stereocenters. The van der Waals surface area contributed by atoms with Crippen molar-refractivity contribution >= 4 is 22.4 Å². The van der Waals surface area contributed by atoms with E-state index in [1.807, 2.05) is 30.3 Å². The molecule has 3 aromatic rings. The fourth-order valence-corrected chi connectivity index (χ4v) is 2.18. The maximum absolute atomic E-state index is 10.4. The van der Waals surface area contributed by atoms with Crippen LogP contribution < -0.4 is 4.74 Å². The minimum absolute atomic E-state index is 0.0985. The highest BCUT2D eigenvalue weighted by atomic mass is 16.5. The maximum Gasteiger partial charge on any atom is 0.153 e. The summed E-state index contributed by atoms with van der Waals surface area (Å²) in [5.41, 5.74) is 2.18. The van der Waals surface area contributed by atoms with Crippen LogP contribution in [0.3, 0.4) is 0 Å². The van der Waals surface area contributed by atoms with Crippen molar-refractivity contribution in [2.45, 2.75) is 0 Å². The number of ether oxygens (including phenoxy) is 1. The van der Waals surface area contributed by atoms with Crippen molar-refractivity contribution in [1.82, 2.24) is 9.97 Å². The van der Waals surface area contributed by atoms with Gasteiger partial charge in [-0.15, -0.1) is 0 Å². The largest absolute Gasteiger partial charge is 0.506 e. The first kappa shape index (κ1) is 13.7. The molecular weight excluding hydrogens is 278 g/mol. The number of aliphatic hydroxyl groups excluding tert-OH is 1. The van der Waals surface area contributed by atoms with E-state index >= 15 is 0 Å². The van der Waals surface area contributed by atoms with E-state index in [-0.39, 0.29) is 11.3 Å². The molecule has 0 saturated carbocycles.